The third kappa shape index (κ3) is 6.56. The standard InChI is InChI=1S/C23H22Cl2N2O2S2/c1-15-9-11-16(12-10-15)14-19-22(29)27(23(30)31-19)13-4-2-3-8-20(28)26-18-7-5-6-17(24)21(18)25/h5-7,9-12,14H,2-4,8,13H2,1H3,(H,26,28)/b19-14-. The molecule has 1 N–H and O–H groups in total. The SMILES string of the molecule is Cc1ccc(/C=C2\SC(=S)N(CCCCCC(=O)Nc3cccc(Cl)c3Cl)C2=O)cc1. The Balaban J connectivity index is 1.42. The summed E-state index contributed by atoms with van der Waals surface area (Å²) in [5.74, 6) is -0.167. The van der Waals surface area contributed by atoms with Crippen molar-refractivity contribution in [2.45, 2.75) is 32.6 Å². The molecule has 1 aliphatic heterocycles. The Kier molecular flexibility index (Phi) is 8.55. The molecule has 1 aliphatic rings. The molecule has 0 atom stereocenters. The number of hydrogen-bond donors (Lipinski definition) is 1. The van der Waals surface area contributed by atoms with Gasteiger partial charge in [-0.2, -0.15) is 0 Å². The molecule has 3 rings (SSSR count). The van der Waals surface area contributed by atoms with Crippen LogP contribution in [0.15, 0.2) is 47.4 Å². The van der Waals surface area contributed by atoms with Gasteiger partial charge in [0.05, 0.1) is 20.6 Å². The van der Waals surface area contributed by atoms with Crippen LogP contribution in [0.1, 0.15) is 36.8 Å². The van der Waals surface area contributed by atoms with Crippen LogP contribution in [0, 0.1) is 6.92 Å². The number of unbranched alkanes of at least 4 members (excludes halogenated alkanes) is 2. The number of carbonyl (C=O) groups excluding carboxylic acids is 2. The normalized spacial score (nSPS) is 15.1. The monoisotopic (exact) mass is 492 g/mol. The minimum atomic E-state index is -0.115. The van der Waals surface area contributed by atoms with Crippen molar-refractivity contribution in [3.8, 4) is 0 Å². The van der Waals surface area contributed by atoms with Crippen molar-refractivity contribution in [3.05, 3.63) is 68.5 Å². The lowest BCUT2D eigenvalue weighted by Crippen LogP contribution is -2.29. The number of amides is 2. The summed E-state index contributed by atoms with van der Waals surface area (Å²) in [5, 5.41) is 3.52. The summed E-state index contributed by atoms with van der Waals surface area (Å²) in [6.45, 7) is 2.58. The molecule has 0 aliphatic carbocycles. The van der Waals surface area contributed by atoms with Gasteiger partial charge in [0.1, 0.15) is 4.32 Å². The van der Waals surface area contributed by atoms with Crippen molar-refractivity contribution in [3.63, 3.8) is 0 Å². The summed E-state index contributed by atoms with van der Waals surface area (Å²) in [6, 6.07) is 13.1. The molecular weight excluding hydrogens is 471 g/mol. The van der Waals surface area contributed by atoms with Gasteiger partial charge >= 0.3 is 0 Å². The molecule has 2 aromatic rings. The average molecular weight is 493 g/mol. The highest BCUT2D eigenvalue weighted by molar-refractivity contribution is 8.26. The smallest absolute Gasteiger partial charge is 0.266 e. The Morgan fingerprint density at radius 2 is 1.87 bits per heavy atom. The Labute approximate surface area is 202 Å². The van der Waals surface area contributed by atoms with Crippen molar-refractivity contribution in [1.82, 2.24) is 4.90 Å². The maximum Gasteiger partial charge on any atom is 0.266 e. The summed E-state index contributed by atoms with van der Waals surface area (Å²) < 4.78 is 0.580. The molecule has 0 bridgehead atoms. The maximum atomic E-state index is 12.7. The zero-order valence-electron chi connectivity index (χ0n) is 17.0. The maximum absolute atomic E-state index is 12.7. The van der Waals surface area contributed by atoms with E-state index >= 15 is 0 Å². The second-order valence-electron chi connectivity index (χ2n) is 7.20. The molecule has 4 nitrogen and oxygen atoms in total. The first kappa shape index (κ1) is 23.8. The van der Waals surface area contributed by atoms with Crippen LogP contribution in [-0.4, -0.2) is 27.6 Å². The lowest BCUT2D eigenvalue weighted by atomic mass is 10.1. The minimum absolute atomic E-state index is 0.0519. The number of thioether (sulfide) groups is 1. The summed E-state index contributed by atoms with van der Waals surface area (Å²) >= 11 is 18.8. The molecule has 0 spiro atoms. The first-order chi connectivity index (χ1) is 14.8. The first-order valence-electron chi connectivity index (χ1n) is 9.91. The second-order valence-corrected chi connectivity index (χ2v) is 9.67. The molecule has 31 heavy (non-hydrogen) atoms. The van der Waals surface area contributed by atoms with Gasteiger partial charge in [-0.25, -0.2) is 0 Å². The van der Waals surface area contributed by atoms with E-state index in [0.717, 1.165) is 18.4 Å². The lowest BCUT2D eigenvalue weighted by molar-refractivity contribution is -0.122. The Morgan fingerprint density at radius 1 is 1.13 bits per heavy atom. The zero-order chi connectivity index (χ0) is 22.4. The van der Waals surface area contributed by atoms with Crippen LogP contribution in [0.5, 0.6) is 0 Å². The van der Waals surface area contributed by atoms with Crippen LogP contribution in [-0.2, 0) is 9.59 Å². The largest absolute Gasteiger partial charge is 0.325 e. The Bertz CT molecular complexity index is 1020. The van der Waals surface area contributed by atoms with Gasteiger partial charge in [0.2, 0.25) is 5.91 Å². The number of nitrogens with one attached hydrogen (secondary N) is 1. The van der Waals surface area contributed by atoms with Crippen LogP contribution in [0.25, 0.3) is 6.08 Å². The predicted octanol–water partition coefficient (Wildman–Crippen LogP) is 6.70. The summed E-state index contributed by atoms with van der Waals surface area (Å²) in [4.78, 5) is 27.1. The van der Waals surface area contributed by atoms with Crippen LogP contribution < -0.4 is 5.32 Å². The fraction of sp³-hybridized carbons (Fsp3) is 0.261. The van der Waals surface area contributed by atoms with Gasteiger partial charge in [0.25, 0.3) is 5.91 Å². The van der Waals surface area contributed by atoms with Gasteiger partial charge in [-0.1, -0.05) is 89.5 Å². The van der Waals surface area contributed by atoms with E-state index < -0.39 is 0 Å². The van der Waals surface area contributed by atoms with Gasteiger partial charge in [0.15, 0.2) is 0 Å². The van der Waals surface area contributed by atoms with Crippen LogP contribution in [0.4, 0.5) is 5.69 Å². The minimum Gasteiger partial charge on any atom is -0.325 e. The Hall–Kier alpha value is -1.86. The van der Waals surface area contributed by atoms with E-state index in [1.807, 2.05) is 37.3 Å². The van der Waals surface area contributed by atoms with E-state index in [0.29, 0.717) is 44.3 Å². The van der Waals surface area contributed by atoms with Crippen molar-refractivity contribution in [2.24, 2.45) is 0 Å². The number of carbonyl (C=O) groups is 2. The summed E-state index contributed by atoms with van der Waals surface area (Å²) in [5.41, 5.74) is 2.67. The van der Waals surface area contributed by atoms with E-state index in [9.17, 15) is 9.59 Å². The van der Waals surface area contributed by atoms with Crippen molar-refractivity contribution >= 4 is 75.1 Å². The van der Waals surface area contributed by atoms with E-state index in [-0.39, 0.29) is 11.8 Å². The molecule has 162 valence electrons. The number of nitrogens with zero attached hydrogens (tertiary/aromatic N) is 1. The van der Waals surface area contributed by atoms with Crippen molar-refractivity contribution < 1.29 is 9.59 Å². The summed E-state index contributed by atoms with van der Waals surface area (Å²) in [6.07, 6.45) is 4.54. The van der Waals surface area contributed by atoms with Crippen molar-refractivity contribution in [1.29, 1.82) is 0 Å². The van der Waals surface area contributed by atoms with E-state index in [4.69, 9.17) is 35.4 Å². The summed E-state index contributed by atoms with van der Waals surface area (Å²) in [7, 11) is 0. The molecule has 0 radical (unpaired) electrons. The number of hydrogen-bond acceptors (Lipinski definition) is 4. The van der Waals surface area contributed by atoms with Crippen LogP contribution in [0.3, 0.4) is 0 Å². The molecule has 0 saturated carbocycles. The molecule has 2 aromatic carbocycles. The molecule has 0 aromatic heterocycles. The molecule has 1 fully saturated rings. The molecular formula is C23H22Cl2N2O2S2. The van der Waals surface area contributed by atoms with Gasteiger partial charge in [-0.3, -0.25) is 14.5 Å². The number of anilines is 1. The number of halogens is 2. The number of thiocarbonyl (C=S) groups is 1. The van der Waals surface area contributed by atoms with Crippen molar-refractivity contribution in [2.75, 3.05) is 11.9 Å². The van der Waals surface area contributed by atoms with Crippen LogP contribution >= 0.6 is 47.2 Å². The predicted molar refractivity (Wildman–Crippen MR) is 135 cm³/mol. The third-order valence-corrected chi connectivity index (χ3v) is 6.96. The highest BCUT2D eigenvalue weighted by Gasteiger charge is 2.31. The molecule has 1 heterocycles. The Morgan fingerprint density at radius 3 is 2.61 bits per heavy atom. The fourth-order valence-corrected chi connectivity index (χ4v) is 4.71. The highest BCUT2D eigenvalue weighted by Crippen LogP contribution is 2.33. The van der Waals surface area contributed by atoms with Crippen LogP contribution in [0.2, 0.25) is 10.0 Å². The van der Waals surface area contributed by atoms with E-state index in [2.05, 4.69) is 5.32 Å². The topological polar surface area (TPSA) is 49.4 Å². The zero-order valence-corrected chi connectivity index (χ0v) is 20.1. The number of aryl methyl sites for hydroxylation is 1. The number of benzene rings is 2. The van der Waals surface area contributed by atoms with Gasteiger partial charge in [-0.05, 0) is 43.5 Å². The fourth-order valence-electron chi connectivity index (χ4n) is 3.05. The molecule has 1 saturated heterocycles. The van der Waals surface area contributed by atoms with E-state index in [1.54, 1.807) is 23.1 Å². The lowest BCUT2D eigenvalue weighted by Gasteiger charge is -2.14. The van der Waals surface area contributed by atoms with Gasteiger partial charge in [-0.15, -0.1) is 0 Å². The van der Waals surface area contributed by atoms with E-state index in [1.165, 1.54) is 17.3 Å². The molecule has 2 amide bonds. The molecule has 8 heteroatoms. The highest BCUT2D eigenvalue weighted by atomic mass is 35.5. The number of rotatable bonds is 8. The third-order valence-electron chi connectivity index (χ3n) is 4.76. The molecule has 0 unspecified atom stereocenters. The van der Waals surface area contributed by atoms with Gasteiger partial charge < -0.3 is 5.32 Å². The van der Waals surface area contributed by atoms with Gasteiger partial charge in [0, 0.05) is 13.0 Å². The second kappa shape index (κ2) is 11.1. The average Bonchev–Trinajstić information content (AvgIpc) is 3.00. The first-order valence-corrected chi connectivity index (χ1v) is 11.9. The quantitative estimate of drug-likeness (QED) is 0.253.